The number of carbonyl (C=O) groups is 2. The van der Waals surface area contributed by atoms with E-state index in [1.54, 1.807) is 12.1 Å². The van der Waals surface area contributed by atoms with E-state index in [9.17, 15) is 19.8 Å². The van der Waals surface area contributed by atoms with Crippen molar-refractivity contribution in [1.29, 1.82) is 0 Å². The summed E-state index contributed by atoms with van der Waals surface area (Å²) < 4.78 is 22.0. The van der Waals surface area contributed by atoms with Gasteiger partial charge in [0, 0.05) is 0 Å². The summed E-state index contributed by atoms with van der Waals surface area (Å²) in [5.41, 5.74) is 0.216. The van der Waals surface area contributed by atoms with Gasteiger partial charge in [0.1, 0.15) is 0 Å². The molecule has 0 aliphatic heterocycles. The topological polar surface area (TPSA) is 112 Å². The molecule has 0 aromatic heterocycles. The Morgan fingerprint density at radius 1 is 0.643 bits per heavy atom. The molecule has 28 heavy (non-hydrogen) atoms. The monoisotopic (exact) mass is 522 g/mol. The Bertz CT molecular complexity index is 824. The first-order chi connectivity index (χ1) is 13.4. The van der Waals surface area contributed by atoms with Gasteiger partial charge in [0.2, 0.25) is 0 Å². The molecular formula is C18H18O8Se2. The van der Waals surface area contributed by atoms with Crippen LogP contribution in [0, 0.1) is 0 Å². The molecule has 0 radical (unpaired) electrons. The van der Waals surface area contributed by atoms with Crippen molar-refractivity contribution in [3.63, 3.8) is 0 Å². The fourth-order valence-corrected chi connectivity index (χ4v) is 9.26. The molecule has 150 valence electrons. The van der Waals surface area contributed by atoms with E-state index in [-0.39, 0.29) is 37.4 Å². The number of carboxylic acids is 2. The Labute approximate surface area is 172 Å². The first kappa shape index (κ1) is 21.9. The zero-order valence-corrected chi connectivity index (χ0v) is 18.9. The number of hydrogen-bond donors (Lipinski definition) is 2. The average Bonchev–Trinajstić information content (AvgIpc) is 2.70. The minimum absolute atomic E-state index is 0.108. The van der Waals surface area contributed by atoms with Crippen LogP contribution in [-0.4, -0.2) is 76.9 Å². The van der Waals surface area contributed by atoms with Gasteiger partial charge in [-0.2, -0.15) is 0 Å². The normalized spacial score (nSPS) is 10.3. The second-order valence-corrected chi connectivity index (χ2v) is 11.4. The number of benzene rings is 2. The van der Waals surface area contributed by atoms with Gasteiger partial charge in [0.15, 0.2) is 0 Å². The van der Waals surface area contributed by atoms with Crippen LogP contribution < -0.4 is 27.9 Å². The fourth-order valence-electron chi connectivity index (χ4n) is 2.28. The van der Waals surface area contributed by atoms with Crippen LogP contribution in [0.15, 0.2) is 24.3 Å². The molecule has 0 atom stereocenters. The molecule has 8 nitrogen and oxygen atoms in total. The maximum absolute atomic E-state index is 11.6. The molecule has 0 spiro atoms. The van der Waals surface area contributed by atoms with Gasteiger partial charge in [-0.25, -0.2) is 0 Å². The quantitative estimate of drug-likeness (QED) is 0.458. The van der Waals surface area contributed by atoms with Crippen LogP contribution in [0.2, 0.25) is 0 Å². The predicted molar refractivity (Wildman–Crippen MR) is 104 cm³/mol. The van der Waals surface area contributed by atoms with Crippen LogP contribution in [0.1, 0.15) is 20.7 Å². The number of ether oxygens (including phenoxy) is 4. The molecule has 0 heterocycles. The fraction of sp³-hybridized carbons (Fsp3) is 0.222. The summed E-state index contributed by atoms with van der Waals surface area (Å²) in [6.07, 6.45) is 0. The van der Waals surface area contributed by atoms with Crippen LogP contribution in [0.4, 0.5) is 0 Å². The van der Waals surface area contributed by atoms with Crippen LogP contribution in [0.3, 0.4) is 0 Å². The second-order valence-electron chi connectivity index (χ2n) is 5.18. The summed E-state index contributed by atoms with van der Waals surface area (Å²) >= 11 is -0.659. The number of carboxylic acid groups (broad SMARTS) is 2. The van der Waals surface area contributed by atoms with Crippen molar-refractivity contribution in [1.82, 2.24) is 0 Å². The first-order valence-electron chi connectivity index (χ1n) is 7.69. The summed E-state index contributed by atoms with van der Waals surface area (Å²) in [4.78, 5) is 23.3. The van der Waals surface area contributed by atoms with Gasteiger partial charge in [-0.3, -0.25) is 0 Å². The third-order valence-corrected chi connectivity index (χ3v) is 10.8. The van der Waals surface area contributed by atoms with E-state index in [4.69, 9.17) is 18.9 Å². The Morgan fingerprint density at radius 3 is 1.18 bits per heavy atom. The van der Waals surface area contributed by atoms with Crippen molar-refractivity contribution in [3.8, 4) is 23.0 Å². The summed E-state index contributed by atoms with van der Waals surface area (Å²) in [7, 11) is 5.80. The van der Waals surface area contributed by atoms with E-state index in [1.807, 2.05) is 0 Å². The molecule has 2 aromatic carbocycles. The number of rotatable bonds is 9. The number of aromatic carboxylic acids is 2. The Kier molecular flexibility index (Phi) is 7.60. The molecule has 0 unspecified atom stereocenters. The van der Waals surface area contributed by atoms with Gasteiger partial charge in [0.25, 0.3) is 0 Å². The van der Waals surface area contributed by atoms with E-state index in [0.717, 1.165) is 0 Å². The average molecular weight is 520 g/mol. The van der Waals surface area contributed by atoms with Crippen LogP contribution in [-0.2, 0) is 0 Å². The zero-order chi connectivity index (χ0) is 20.8. The molecule has 0 aliphatic rings. The number of hydrogen-bond acceptors (Lipinski definition) is 6. The van der Waals surface area contributed by atoms with Gasteiger partial charge in [-0.05, 0) is 0 Å². The Morgan fingerprint density at radius 2 is 0.929 bits per heavy atom. The summed E-state index contributed by atoms with van der Waals surface area (Å²) in [5, 5.41) is 19.1. The number of methoxy groups -OCH3 is 4. The molecule has 0 aliphatic carbocycles. The molecule has 0 amide bonds. The third-order valence-electron chi connectivity index (χ3n) is 3.65. The molecule has 0 saturated heterocycles. The van der Waals surface area contributed by atoms with Gasteiger partial charge in [-0.1, -0.05) is 0 Å². The van der Waals surface area contributed by atoms with Gasteiger partial charge in [-0.15, -0.1) is 0 Å². The SMILES string of the molecule is COc1cc([Se][Se]c2cc(OC)c(OC)cc2C(=O)O)c(C(=O)O)cc1OC. The van der Waals surface area contributed by atoms with Crippen molar-refractivity contribution in [3.05, 3.63) is 35.4 Å². The van der Waals surface area contributed by atoms with E-state index < -0.39 is 11.9 Å². The summed E-state index contributed by atoms with van der Waals surface area (Å²) in [5.74, 6) is -0.677. The Balaban J connectivity index is 2.45. The molecule has 2 rings (SSSR count). The van der Waals surface area contributed by atoms with Gasteiger partial charge < -0.3 is 0 Å². The van der Waals surface area contributed by atoms with Crippen LogP contribution >= 0.6 is 0 Å². The molecule has 10 heteroatoms. The molecule has 0 bridgehead atoms. The molecule has 2 N–H and O–H groups in total. The Hall–Kier alpha value is -2.38. The van der Waals surface area contributed by atoms with Crippen LogP contribution in [0.25, 0.3) is 0 Å². The van der Waals surface area contributed by atoms with Crippen molar-refractivity contribution in [2.45, 2.75) is 0 Å². The van der Waals surface area contributed by atoms with Crippen molar-refractivity contribution in [2.75, 3.05) is 28.4 Å². The minimum atomic E-state index is -1.08. The molecule has 0 fully saturated rings. The third kappa shape index (κ3) is 4.72. The van der Waals surface area contributed by atoms with Gasteiger partial charge >= 0.3 is 173 Å². The first-order valence-corrected chi connectivity index (χ1v) is 13.7. The zero-order valence-electron chi connectivity index (χ0n) is 15.5. The van der Waals surface area contributed by atoms with Crippen molar-refractivity contribution < 1.29 is 38.7 Å². The van der Waals surface area contributed by atoms with E-state index in [1.165, 1.54) is 40.6 Å². The maximum atomic E-state index is 11.6. The molecule has 2 aromatic rings. The second kappa shape index (κ2) is 9.70. The van der Waals surface area contributed by atoms with Crippen LogP contribution in [0.5, 0.6) is 23.0 Å². The van der Waals surface area contributed by atoms with Crippen molar-refractivity contribution >= 4 is 47.1 Å². The summed E-state index contributed by atoms with van der Waals surface area (Å²) in [6.45, 7) is 0. The summed E-state index contributed by atoms with van der Waals surface area (Å²) in [6, 6.07) is 6.10. The van der Waals surface area contributed by atoms with Crippen molar-refractivity contribution in [2.24, 2.45) is 0 Å². The van der Waals surface area contributed by atoms with E-state index >= 15 is 0 Å². The van der Waals surface area contributed by atoms with Gasteiger partial charge in [0.05, 0.1) is 0 Å². The molecular weight excluding hydrogens is 502 g/mol. The molecule has 0 saturated carbocycles. The predicted octanol–water partition coefficient (Wildman–Crippen LogP) is 0.392. The van der Waals surface area contributed by atoms with E-state index in [2.05, 4.69) is 0 Å². The van der Waals surface area contributed by atoms with E-state index in [0.29, 0.717) is 31.9 Å². The standard InChI is InChI=1S/C18H18O8Se2/c1-23-11-5-9(17(19)20)15(7-13(11)25-3)27-28-16-8-14(26-4)12(24-2)6-10(16)18(21)22/h5-8H,1-4H3,(H,19,20)(H,21,22).